The molecule has 1 heterocycles. The molecule has 0 amide bonds. The van der Waals surface area contributed by atoms with E-state index in [2.05, 4.69) is 17.2 Å². The summed E-state index contributed by atoms with van der Waals surface area (Å²) >= 11 is 0. The molecule has 0 spiro atoms. The van der Waals surface area contributed by atoms with E-state index in [1.807, 2.05) is 18.5 Å². The van der Waals surface area contributed by atoms with Crippen LogP contribution >= 0.6 is 0 Å². The number of pyridine rings is 1. The lowest BCUT2D eigenvalue weighted by Crippen LogP contribution is -2.45. The quantitative estimate of drug-likeness (QED) is 0.821. The van der Waals surface area contributed by atoms with Crippen molar-refractivity contribution in [2.24, 2.45) is 0 Å². The summed E-state index contributed by atoms with van der Waals surface area (Å²) in [5, 5.41) is 3.44. The normalized spacial score (nSPS) is 18.3. The van der Waals surface area contributed by atoms with Gasteiger partial charge in [0, 0.05) is 31.7 Å². The molecular weight excluding hydrogens is 188 g/mol. The monoisotopic (exact) mass is 206 g/mol. The van der Waals surface area contributed by atoms with E-state index in [9.17, 15) is 0 Å². The van der Waals surface area contributed by atoms with Crippen LogP contribution in [-0.4, -0.2) is 24.2 Å². The fourth-order valence-corrected chi connectivity index (χ4v) is 1.95. The summed E-state index contributed by atoms with van der Waals surface area (Å²) in [6.45, 7) is 2.96. The van der Waals surface area contributed by atoms with Gasteiger partial charge in [0.25, 0.3) is 0 Å². The average molecular weight is 206 g/mol. The molecule has 1 aromatic rings. The zero-order chi connectivity index (χ0) is 10.7. The van der Waals surface area contributed by atoms with Gasteiger partial charge in [-0.05, 0) is 37.8 Å². The third-order valence-corrected chi connectivity index (χ3v) is 3.32. The van der Waals surface area contributed by atoms with Gasteiger partial charge in [0.2, 0.25) is 0 Å². The number of hydrogen-bond acceptors (Lipinski definition) is 3. The molecule has 1 aromatic heterocycles. The molecule has 0 bridgehead atoms. The van der Waals surface area contributed by atoms with E-state index in [1.165, 1.54) is 24.8 Å². The van der Waals surface area contributed by atoms with Crippen LogP contribution in [0.1, 0.15) is 24.8 Å². The van der Waals surface area contributed by atoms with Crippen LogP contribution in [0.15, 0.2) is 18.5 Å². The minimum absolute atomic E-state index is 0.0791. The highest BCUT2D eigenvalue weighted by Crippen LogP contribution is 2.35. The Morgan fingerprint density at radius 3 is 2.87 bits per heavy atom. The van der Waals surface area contributed by atoms with E-state index in [0.717, 1.165) is 12.2 Å². The second-order valence-electron chi connectivity index (χ2n) is 4.28. The molecule has 2 rings (SSSR count). The van der Waals surface area contributed by atoms with Crippen molar-refractivity contribution in [3.63, 3.8) is 0 Å². The first-order valence-electron chi connectivity index (χ1n) is 5.45. The molecule has 0 radical (unpaired) electrons. The van der Waals surface area contributed by atoms with Crippen LogP contribution in [-0.2, 0) is 4.74 Å². The zero-order valence-electron chi connectivity index (χ0n) is 9.42. The molecular formula is C12H18N2O. The second-order valence-corrected chi connectivity index (χ2v) is 4.28. The second kappa shape index (κ2) is 4.19. The lowest BCUT2D eigenvalue weighted by molar-refractivity contribution is -0.0601. The highest BCUT2D eigenvalue weighted by atomic mass is 16.5. The lowest BCUT2D eigenvalue weighted by atomic mass is 9.80. The summed E-state index contributed by atoms with van der Waals surface area (Å²) in [5.74, 6) is 0. The molecule has 3 heteroatoms. The number of hydrogen-bond donors (Lipinski definition) is 1. The van der Waals surface area contributed by atoms with Crippen molar-refractivity contribution >= 4 is 5.69 Å². The summed E-state index contributed by atoms with van der Waals surface area (Å²) in [6, 6.07) is 2.01. The summed E-state index contributed by atoms with van der Waals surface area (Å²) in [5.41, 5.74) is 2.42. The predicted octanol–water partition coefficient (Wildman–Crippen LogP) is 2.37. The first kappa shape index (κ1) is 10.4. The van der Waals surface area contributed by atoms with Crippen molar-refractivity contribution in [3.05, 3.63) is 24.0 Å². The highest BCUT2D eigenvalue weighted by Gasteiger charge is 2.36. The molecule has 1 aliphatic rings. The van der Waals surface area contributed by atoms with Gasteiger partial charge in [0.05, 0.1) is 5.60 Å². The van der Waals surface area contributed by atoms with E-state index < -0.39 is 0 Å². The molecule has 0 unspecified atom stereocenters. The van der Waals surface area contributed by atoms with Crippen LogP contribution in [0.5, 0.6) is 0 Å². The van der Waals surface area contributed by atoms with Gasteiger partial charge in [-0.25, -0.2) is 0 Å². The van der Waals surface area contributed by atoms with Gasteiger partial charge in [0.15, 0.2) is 0 Å². The number of aryl methyl sites for hydroxylation is 1. The Morgan fingerprint density at radius 2 is 2.33 bits per heavy atom. The molecule has 15 heavy (non-hydrogen) atoms. The standard InChI is InChI=1S/C12H18N2O/c1-10-8-13-7-4-11(10)14-9-12(15-2)5-3-6-12/h4,7-8H,3,5-6,9H2,1-2H3,(H,13,14). The van der Waals surface area contributed by atoms with Crippen molar-refractivity contribution in [3.8, 4) is 0 Å². The largest absolute Gasteiger partial charge is 0.382 e. The van der Waals surface area contributed by atoms with E-state index in [1.54, 1.807) is 7.11 Å². The number of methoxy groups -OCH3 is 1. The molecule has 0 atom stereocenters. The Kier molecular flexibility index (Phi) is 2.91. The molecule has 0 aromatic carbocycles. The number of nitrogens with zero attached hydrogens (tertiary/aromatic N) is 1. The average Bonchev–Trinajstić information content (AvgIpc) is 2.19. The maximum atomic E-state index is 5.56. The third-order valence-electron chi connectivity index (χ3n) is 3.32. The van der Waals surface area contributed by atoms with Crippen LogP contribution in [0.4, 0.5) is 5.69 Å². The molecule has 3 nitrogen and oxygen atoms in total. The Morgan fingerprint density at radius 1 is 1.53 bits per heavy atom. The molecule has 1 aliphatic carbocycles. The lowest BCUT2D eigenvalue weighted by Gasteiger charge is -2.40. The van der Waals surface area contributed by atoms with E-state index in [0.29, 0.717) is 0 Å². The van der Waals surface area contributed by atoms with Crippen molar-refractivity contribution < 1.29 is 4.74 Å². The molecule has 1 fully saturated rings. The molecule has 0 aliphatic heterocycles. The van der Waals surface area contributed by atoms with Crippen LogP contribution in [0.2, 0.25) is 0 Å². The Hall–Kier alpha value is -1.09. The maximum absolute atomic E-state index is 5.56. The summed E-state index contributed by atoms with van der Waals surface area (Å²) in [4.78, 5) is 4.07. The van der Waals surface area contributed by atoms with Crippen molar-refractivity contribution in [1.29, 1.82) is 0 Å². The minimum Gasteiger partial charge on any atom is -0.382 e. The minimum atomic E-state index is 0.0791. The van der Waals surface area contributed by atoms with Crippen LogP contribution in [0.3, 0.4) is 0 Å². The van der Waals surface area contributed by atoms with Crippen molar-refractivity contribution in [2.75, 3.05) is 19.0 Å². The van der Waals surface area contributed by atoms with Crippen molar-refractivity contribution in [1.82, 2.24) is 4.98 Å². The first-order chi connectivity index (χ1) is 7.26. The van der Waals surface area contributed by atoms with Crippen LogP contribution < -0.4 is 5.32 Å². The van der Waals surface area contributed by atoms with E-state index >= 15 is 0 Å². The topological polar surface area (TPSA) is 34.1 Å². The zero-order valence-corrected chi connectivity index (χ0v) is 9.42. The Balaban J connectivity index is 1.95. The summed E-state index contributed by atoms with van der Waals surface area (Å²) in [6.07, 6.45) is 7.31. The number of aromatic nitrogens is 1. The Bertz CT molecular complexity index is 329. The van der Waals surface area contributed by atoms with Gasteiger partial charge in [-0.15, -0.1) is 0 Å². The number of ether oxygens (including phenoxy) is 1. The molecule has 1 saturated carbocycles. The van der Waals surface area contributed by atoms with Gasteiger partial charge in [-0.2, -0.15) is 0 Å². The first-order valence-corrected chi connectivity index (χ1v) is 5.45. The van der Waals surface area contributed by atoms with Gasteiger partial charge in [-0.1, -0.05) is 0 Å². The smallest absolute Gasteiger partial charge is 0.0850 e. The van der Waals surface area contributed by atoms with Gasteiger partial charge < -0.3 is 10.1 Å². The molecule has 82 valence electrons. The van der Waals surface area contributed by atoms with Gasteiger partial charge in [0.1, 0.15) is 0 Å². The predicted molar refractivity (Wildman–Crippen MR) is 61.1 cm³/mol. The highest BCUT2D eigenvalue weighted by molar-refractivity contribution is 5.48. The maximum Gasteiger partial charge on any atom is 0.0850 e. The Labute approximate surface area is 90.9 Å². The van der Waals surface area contributed by atoms with Gasteiger partial charge >= 0.3 is 0 Å². The van der Waals surface area contributed by atoms with E-state index in [-0.39, 0.29) is 5.60 Å². The third kappa shape index (κ3) is 2.12. The van der Waals surface area contributed by atoms with Crippen LogP contribution in [0.25, 0.3) is 0 Å². The van der Waals surface area contributed by atoms with Crippen molar-refractivity contribution in [2.45, 2.75) is 31.8 Å². The summed E-state index contributed by atoms with van der Waals surface area (Å²) in [7, 11) is 1.81. The fraction of sp³-hybridized carbons (Fsp3) is 0.583. The SMILES string of the molecule is COC1(CNc2ccncc2C)CCC1. The van der Waals surface area contributed by atoms with E-state index in [4.69, 9.17) is 4.74 Å². The van der Waals surface area contributed by atoms with Crippen LogP contribution in [0, 0.1) is 6.92 Å². The number of nitrogens with one attached hydrogen (secondary N) is 1. The number of rotatable bonds is 4. The fourth-order valence-electron chi connectivity index (χ4n) is 1.95. The molecule has 1 N–H and O–H groups in total. The molecule has 0 saturated heterocycles. The summed E-state index contributed by atoms with van der Waals surface area (Å²) < 4.78 is 5.56. The van der Waals surface area contributed by atoms with Gasteiger partial charge in [-0.3, -0.25) is 4.98 Å². The number of anilines is 1.